The summed E-state index contributed by atoms with van der Waals surface area (Å²) in [6.45, 7) is 0. The van der Waals surface area contributed by atoms with Gasteiger partial charge in [0.2, 0.25) is 0 Å². The van der Waals surface area contributed by atoms with E-state index in [2.05, 4.69) is 0 Å². The molecule has 0 aromatic carbocycles. The van der Waals surface area contributed by atoms with E-state index in [9.17, 15) is 9.32 Å². The summed E-state index contributed by atoms with van der Waals surface area (Å²) in [4.78, 5) is 0. The van der Waals surface area contributed by atoms with Gasteiger partial charge in [-0.15, -0.1) is 0 Å². The third-order valence-electron chi connectivity index (χ3n) is 5.08. The third-order valence-corrected chi connectivity index (χ3v) is 7.20. The molecule has 98 valence electrons. The van der Waals surface area contributed by atoms with Crippen LogP contribution in [0.15, 0.2) is 0 Å². The van der Waals surface area contributed by atoms with Crippen LogP contribution in [0.3, 0.4) is 0 Å². The summed E-state index contributed by atoms with van der Waals surface area (Å²) >= 11 is 0. The lowest BCUT2D eigenvalue weighted by atomic mass is 9.78. The average Bonchev–Trinajstić information content (AvgIpc) is 2.54. The van der Waals surface area contributed by atoms with Crippen LogP contribution in [0.2, 0.25) is 0 Å². The van der Waals surface area contributed by atoms with Crippen molar-refractivity contribution in [1.29, 1.82) is 0 Å². The van der Waals surface area contributed by atoms with Gasteiger partial charge in [0.05, 0.1) is 5.60 Å². The quantitative estimate of drug-likeness (QED) is 0.825. The zero-order valence-corrected chi connectivity index (χ0v) is 11.4. The molecule has 0 aromatic heterocycles. The van der Waals surface area contributed by atoms with Crippen molar-refractivity contribution in [3.8, 4) is 0 Å². The Kier molecular flexibility index (Phi) is 3.33. The fourth-order valence-electron chi connectivity index (χ4n) is 4.27. The highest BCUT2D eigenvalue weighted by Gasteiger charge is 2.48. The SMILES string of the molecule is O=S1C2CCC1CC(O)(CC1CCCCC1)C2. The first kappa shape index (κ1) is 12.2. The summed E-state index contributed by atoms with van der Waals surface area (Å²) in [7, 11) is -0.632. The first-order valence-electron chi connectivity index (χ1n) is 7.28. The Balaban J connectivity index is 1.64. The molecule has 0 spiro atoms. The van der Waals surface area contributed by atoms with Crippen LogP contribution in [0, 0.1) is 5.92 Å². The molecular formula is C14H24O2S. The molecule has 2 aliphatic heterocycles. The van der Waals surface area contributed by atoms with Gasteiger partial charge in [-0.3, -0.25) is 4.21 Å². The maximum absolute atomic E-state index is 12.0. The Morgan fingerprint density at radius 3 is 2.18 bits per heavy atom. The van der Waals surface area contributed by atoms with Crippen LogP contribution in [0.4, 0.5) is 0 Å². The van der Waals surface area contributed by atoms with Crippen LogP contribution in [-0.2, 0) is 10.8 Å². The highest BCUT2D eigenvalue weighted by Crippen LogP contribution is 2.45. The Hall–Kier alpha value is 0.110. The summed E-state index contributed by atoms with van der Waals surface area (Å²) in [5.41, 5.74) is -0.470. The Morgan fingerprint density at radius 2 is 1.59 bits per heavy atom. The van der Waals surface area contributed by atoms with Gasteiger partial charge >= 0.3 is 0 Å². The molecule has 3 heteroatoms. The Morgan fingerprint density at radius 1 is 1.00 bits per heavy atom. The van der Waals surface area contributed by atoms with Crippen molar-refractivity contribution in [1.82, 2.24) is 0 Å². The molecule has 2 saturated heterocycles. The van der Waals surface area contributed by atoms with E-state index in [0.717, 1.165) is 38.0 Å². The Labute approximate surface area is 107 Å². The monoisotopic (exact) mass is 256 g/mol. The largest absolute Gasteiger partial charge is 0.390 e. The van der Waals surface area contributed by atoms with Crippen molar-refractivity contribution in [2.24, 2.45) is 5.92 Å². The molecule has 1 saturated carbocycles. The van der Waals surface area contributed by atoms with Crippen molar-refractivity contribution in [2.75, 3.05) is 0 Å². The number of fused-ring (bicyclic) bond motifs is 2. The molecule has 0 amide bonds. The second-order valence-corrected chi connectivity index (χ2v) is 8.48. The lowest BCUT2D eigenvalue weighted by Crippen LogP contribution is -2.43. The fourth-order valence-corrected chi connectivity index (χ4v) is 6.50. The predicted molar refractivity (Wildman–Crippen MR) is 70.3 cm³/mol. The van der Waals surface area contributed by atoms with Gasteiger partial charge in [0.25, 0.3) is 0 Å². The van der Waals surface area contributed by atoms with Crippen LogP contribution < -0.4 is 0 Å². The van der Waals surface area contributed by atoms with Gasteiger partial charge < -0.3 is 5.11 Å². The van der Waals surface area contributed by atoms with E-state index < -0.39 is 16.4 Å². The summed E-state index contributed by atoms with van der Waals surface area (Å²) in [6.07, 6.45) is 11.5. The van der Waals surface area contributed by atoms with Crippen molar-refractivity contribution in [2.45, 2.75) is 80.3 Å². The second kappa shape index (κ2) is 4.65. The fraction of sp³-hybridized carbons (Fsp3) is 1.00. The van der Waals surface area contributed by atoms with Gasteiger partial charge in [0.15, 0.2) is 0 Å². The minimum absolute atomic E-state index is 0.308. The maximum atomic E-state index is 12.0. The standard InChI is InChI=1S/C14H24O2S/c15-14(8-11-4-2-1-3-5-11)9-12-6-7-13(10-14)17(12)16/h11-13,15H,1-10H2. The van der Waals surface area contributed by atoms with E-state index in [1.54, 1.807) is 0 Å². The van der Waals surface area contributed by atoms with E-state index >= 15 is 0 Å². The summed E-state index contributed by atoms with van der Waals surface area (Å²) < 4.78 is 12.0. The molecule has 2 unspecified atom stereocenters. The highest BCUT2D eigenvalue weighted by atomic mass is 32.2. The molecule has 3 rings (SSSR count). The van der Waals surface area contributed by atoms with Crippen molar-refractivity contribution < 1.29 is 9.32 Å². The normalized spacial score (nSPS) is 47.2. The van der Waals surface area contributed by atoms with Gasteiger partial charge in [0.1, 0.15) is 0 Å². The number of hydrogen-bond donors (Lipinski definition) is 1. The first-order chi connectivity index (χ1) is 8.16. The second-order valence-electron chi connectivity index (χ2n) is 6.49. The molecule has 2 atom stereocenters. The molecule has 0 radical (unpaired) electrons. The zero-order chi connectivity index (χ0) is 11.9. The number of hydrogen-bond acceptors (Lipinski definition) is 2. The molecular weight excluding hydrogens is 232 g/mol. The summed E-state index contributed by atoms with van der Waals surface area (Å²) in [6, 6.07) is 0. The topological polar surface area (TPSA) is 37.3 Å². The van der Waals surface area contributed by atoms with Crippen molar-refractivity contribution in [3.63, 3.8) is 0 Å². The van der Waals surface area contributed by atoms with E-state index in [1.807, 2.05) is 0 Å². The van der Waals surface area contributed by atoms with Crippen molar-refractivity contribution >= 4 is 10.8 Å². The molecule has 2 nitrogen and oxygen atoms in total. The number of aliphatic hydroxyl groups is 1. The molecule has 0 aromatic rings. The number of rotatable bonds is 2. The Bertz CT molecular complexity index is 293. The van der Waals surface area contributed by atoms with Crippen LogP contribution in [0.25, 0.3) is 0 Å². The van der Waals surface area contributed by atoms with Gasteiger partial charge in [-0.25, -0.2) is 0 Å². The molecule has 2 bridgehead atoms. The van der Waals surface area contributed by atoms with E-state index in [0.29, 0.717) is 10.5 Å². The summed E-state index contributed by atoms with van der Waals surface area (Å²) in [5, 5.41) is 11.4. The molecule has 2 heterocycles. The van der Waals surface area contributed by atoms with Crippen LogP contribution in [0.5, 0.6) is 0 Å². The molecule has 3 fully saturated rings. The van der Waals surface area contributed by atoms with Crippen LogP contribution >= 0.6 is 0 Å². The van der Waals surface area contributed by atoms with Crippen LogP contribution in [0.1, 0.15) is 64.2 Å². The third kappa shape index (κ3) is 2.46. The van der Waals surface area contributed by atoms with Gasteiger partial charge in [0, 0.05) is 21.3 Å². The van der Waals surface area contributed by atoms with Crippen LogP contribution in [-0.4, -0.2) is 25.4 Å². The summed E-state index contributed by atoms with van der Waals surface area (Å²) in [5.74, 6) is 0.736. The van der Waals surface area contributed by atoms with E-state index in [4.69, 9.17) is 0 Å². The minimum atomic E-state index is -0.632. The highest BCUT2D eigenvalue weighted by molar-refractivity contribution is 7.86. The van der Waals surface area contributed by atoms with Gasteiger partial charge in [-0.2, -0.15) is 0 Å². The average molecular weight is 256 g/mol. The smallest absolute Gasteiger partial charge is 0.0673 e. The van der Waals surface area contributed by atoms with E-state index in [1.165, 1.54) is 32.1 Å². The van der Waals surface area contributed by atoms with Crippen molar-refractivity contribution in [3.05, 3.63) is 0 Å². The first-order valence-corrected chi connectivity index (χ1v) is 8.56. The van der Waals surface area contributed by atoms with E-state index in [-0.39, 0.29) is 0 Å². The molecule has 1 N–H and O–H groups in total. The molecule has 17 heavy (non-hydrogen) atoms. The van der Waals surface area contributed by atoms with Gasteiger partial charge in [-0.1, -0.05) is 32.1 Å². The molecule has 1 aliphatic carbocycles. The minimum Gasteiger partial charge on any atom is -0.390 e. The van der Waals surface area contributed by atoms with Gasteiger partial charge in [-0.05, 0) is 38.0 Å². The molecule has 3 aliphatic rings. The lowest BCUT2D eigenvalue weighted by molar-refractivity contribution is -0.00555. The predicted octanol–water partition coefficient (Wildman–Crippen LogP) is 2.76. The maximum Gasteiger partial charge on any atom is 0.0673 e. The lowest BCUT2D eigenvalue weighted by Gasteiger charge is -2.39. The zero-order valence-electron chi connectivity index (χ0n) is 10.6.